The molecule has 0 atom stereocenters. The Morgan fingerprint density at radius 1 is 1.08 bits per heavy atom. The van der Waals surface area contributed by atoms with Crippen molar-refractivity contribution in [2.45, 2.75) is 0 Å². The maximum absolute atomic E-state index is 5.45. The van der Waals surface area contributed by atoms with Crippen molar-refractivity contribution in [3.8, 4) is 22.8 Å². The first-order chi connectivity index (χ1) is 12.7. The molecule has 0 radical (unpaired) electrons. The predicted molar refractivity (Wildman–Crippen MR) is 108 cm³/mol. The van der Waals surface area contributed by atoms with Crippen molar-refractivity contribution in [1.29, 1.82) is 0 Å². The van der Waals surface area contributed by atoms with E-state index in [0.29, 0.717) is 11.6 Å². The van der Waals surface area contributed by atoms with Gasteiger partial charge in [-0.3, -0.25) is 5.10 Å². The van der Waals surface area contributed by atoms with Gasteiger partial charge in [-0.05, 0) is 30.5 Å². The number of aromatic amines is 1. The molecule has 134 valence electrons. The summed E-state index contributed by atoms with van der Waals surface area (Å²) in [5, 5.41) is 11.3. The third-order valence-electron chi connectivity index (χ3n) is 3.70. The number of hydrogen-bond acceptors (Lipinski definition) is 5. The molecule has 1 heterocycles. The number of ether oxygens (including phenoxy) is 2. The summed E-state index contributed by atoms with van der Waals surface area (Å²) in [6, 6.07) is 17.4. The topological polar surface area (TPSA) is 71.5 Å². The third kappa shape index (κ3) is 4.18. The second-order valence-electron chi connectivity index (χ2n) is 5.32. The van der Waals surface area contributed by atoms with Gasteiger partial charge in [-0.1, -0.05) is 30.0 Å². The van der Waals surface area contributed by atoms with Crippen LogP contribution in [-0.2, 0) is 0 Å². The van der Waals surface area contributed by atoms with Crippen molar-refractivity contribution >= 4 is 28.4 Å². The molecule has 26 heavy (non-hydrogen) atoms. The molecule has 0 saturated heterocycles. The maximum Gasteiger partial charge on any atom is 0.176 e. The van der Waals surface area contributed by atoms with E-state index in [1.165, 1.54) is 11.8 Å². The molecule has 2 aromatic carbocycles. The molecule has 0 bridgehead atoms. The molecule has 0 aliphatic heterocycles. The zero-order valence-electron chi connectivity index (χ0n) is 14.8. The molecular weight excluding hydrogens is 348 g/mol. The molecule has 0 aliphatic rings. The van der Waals surface area contributed by atoms with Crippen molar-refractivity contribution in [3.05, 3.63) is 54.6 Å². The first kappa shape index (κ1) is 17.9. The number of anilines is 1. The van der Waals surface area contributed by atoms with E-state index in [9.17, 15) is 0 Å². The van der Waals surface area contributed by atoms with Crippen molar-refractivity contribution in [2.75, 3.05) is 25.8 Å². The third-order valence-corrected chi connectivity index (χ3v) is 4.28. The van der Waals surface area contributed by atoms with Crippen molar-refractivity contribution in [1.82, 2.24) is 10.2 Å². The van der Waals surface area contributed by atoms with E-state index < -0.39 is 0 Å². The SMILES string of the molecule is COc1ccc(-c2cc(N=C(Nc3ccccc3)SC)n[nH]2)c(OC)c1. The van der Waals surface area contributed by atoms with Crippen molar-refractivity contribution in [2.24, 2.45) is 4.99 Å². The molecule has 0 unspecified atom stereocenters. The number of aromatic nitrogens is 2. The largest absolute Gasteiger partial charge is 0.497 e. The van der Waals surface area contributed by atoms with Gasteiger partial charge in [0.05, 0.1) is 19.9 Å². The summed E-state index contributed by atoms with van der Waals surface area (Å²) in [5.74, 6) is 2.03. The molecule has 0 spiro atoms. The quantitative estimate of drug-likeness (QED) is 0.510. The minimum atomic E-state index is 0.589. The molecule has 3 aromatic rings. The highest BCUT2D eigenvalue weighted by Crippen LogP contribution is 2.33. The number of para-hydroxylation sites is 1. The van der Waals surface area contributed by atoms with Crippen LogP contribution in [0.2, 0.25) is 0 Å². The van der Waals surface area contributed by atoms with E-state index in [1.807, 2.05) is 60.9 Å². The lowest BCUT2D eigenvalue weighted by Crippen LogP contribution is -2.06. The van der Waals surface area contributed by atoms with E-state index in [4.69, 9.17) is 9.47 Å². The molecular formula is C19H20N4O2S. The van der Waals surface area contributed by atoms with Crippen LogP contribution in [0.5, 0.6) is 11.5 Å². The Bertz CT molecular complexity index is 894. The summed E-state index contributed by atoms with van der Waals surface area (Å²) in [7, 11) is 3.25. The number of methoxy groups -OCH3 is 2. The number of aliphatic imine (C=N–C) groups is 1. The molecule has 0 fully saturated rings. The van der Waals surface area contributed by atoms with Gasteiger partial charge in [0.25, 0.3) is 0 Å². The predicted octanol–water partition coefficient (Wildman–Crippen LogP) is 4.56. The summed E-state index contributed by atoms with van der Waals surface area (Å²) >= 11 is 1.52. The van der Waals surface area contributed by atoms with Gasteiger partial charge in [-0.2, -0.15) is 5.10 Å². The number of benzene rings is 2. The Kier molecular flexibility index (Phi) is 5.80. The number of nitrogens with one attached hydrogen (secondary N) is 2. The zero-order valence-corrected chi connectivity index (χ0v) is 15.6. The van der Waals surface area contributed by atoms with Gasteiger partial charge >= 0.3 is 0 Å². The van der Waals surface area contributed by atoms with E-state index in [1.54, 1.807) is 14.2 Å². The van der Waals surface area contributed by atoms with Gasteiger partial charge in [-0.25, -0.2) is 4.99 Å². The average Bonchev–Trinajstić information content (AvgIpc) is 3.16. The number of hydrogen-bond donors (Lipinski definition) is 2. The first-order valence-corrected chi connectivity index (χ1v) is 9.18. The summed E-state index contributed by atoms with van der Waals surface area (Å²) in [4.78, 5) is 4.57. The summed E-state index contributed by atoms with van der Waals surface area (Å²) < 4.78 is 10.7. The van der Waals surface area contributed by atoms with Crippen molar-refractivity contribution < 1.29 is 9.47 Å². The Hall–Kier alpha value is -2.93. The van der Waals surface area contributed by atoms with Crippen LogP contribution in [0.25, 0.3) is 11.3 Å². The fourth-order valence-corrected chi connectivity index (χ4v) is 2.81. The van der Waals surface area contributed by atoms with Crippen LogP contribution < -0.4 is 14.8 Å². The number of H-pyrrole nitrogens is 1. The molecule has 6 nitrogen and oxygen atoms in total. The molecule has 0 saturated carbocycles. The molecule has 0 amide bonds. The zero-order chi connectivity index (χ0) is 18.4. The minimum Gasteiger partial charge on any atom is -0.497 e. The highest BCUT2D eigenvalue weighted by Gasteiger charge is 2.11. The van der Waals surface area contributed by atoms with Crippen LogP contribution in [0, 0.1) is 0 Å². The number of rotatable bonds is 5. The lowest BCUT2D eigenvalue weighted by molar-refractivity contribution is 0.395. The van der Waals surface area contributed by atoms with Crippen LogP contribution in [0.4, 0.5) is 11.5 Å². The van der Waals surface area contributed by atoms with E-state index in [-0.39, 0.29) is 0 Å². The lowest BCUT2D eigenvalue weighted by Gasteiger charge is -2.08. The number of amidine groups is 1. The van der Waals surface area contributed by atoms with Gasteiger partial charge < -0.3 is 14.8 Å². The minimum absolute atomic E-state index is 0.589. The van der Waals surface area contributed by atoms with Crippen LogP contribution in [0.1, 0.15) is 0 Å². The van der Waals surface area contributed by atoms with Gasteiger partial charge in [0.15, 0.2) is 11.0 Å². The highest BCUT2D eigenvalue weighted by molar-refractivity contribution is 8.13. The van der Waals surface area contributed by atoms with Gasteiger partial charge in [0.1, 0.15) is 11.5 Å². The maximum atomic E-state index is 5.45. The highest BCUT2D eigenvalue weighted by atomic mass is 32.2. The second kappa shape index (κ2) is 8.44. The fourth-order valence-electron chi connectivity index (χ4n) is 2.40. The Morgan fingerprint density at radius 2 is 1.88 bits per heavy atom. The van der Waals surface area contributed by atoms with Crippen LogP contribution >= 0.6 is 11.8 Å². The van der Waals surface area contributed by atoms with Gasteiger partial charge in [0, 0.05) is 23.4 Å². The fraction of sp³-hybridized carbons (Fsp3) is 0.158. The number of nitrogens with zero attached hydrogens (tertiary/aromatic N) is 2. The van der Waals surface area contributed by atoms with E-state index in [0.717, 1.165) is 27.9 Å². The molecule has 0 aliphatic carbocycles. The normalized spacial score (nSPS) is 11.3. The smallest absolute Gasteiger partial charge is 0.176 e. The molecule has 2 N–H and O–H groups in total. The Balaban J connectivity index is 1.85. The van der Waals surface area contributed by atoms with E-state index in [2.05, 4.69) is 20.5 Å². The van der Waals surface area contributed by atoms with Crippen LogP contribution in [0.15, 0.2) is 59.6 Å². The Labute approximate surface area is 156 Å². The standard InChI is InChI=1S/C19H20N4O2S/c1-24-14-9-10-15(17(11-14)25-2)16-12-18(23-22-16)21-19(26-3)20-13-7-5-4-6-8-13/h4-12H,1-3H3,(H2,20,21,22,23). The molecule has 1 aromatic heterocycles. The average molecular weight is 368 g/mol. The summed E-state index contributed by atoms with van der Waals surface area (Å²) in [5.41, 5.74) is 2.69. The monoisotopic (exact) mass is 368 g/mol. The first-order valence-electron chi connectivity index (χ1n) is 7.96. The molecule has 7 heteroatoms. The van der Waals surface area contributed by atoms with Crippen LogP contribution in [0.3, 0.4) is 0 Å². The number of thioether (sulfide) groups is 1. The van der Waals surface area contributed by atoms with E-state index >= 15 is 0 Å². The summed E-state index contributed by atoms with van der Waals surface area (Å²) in [6.45, 7) is 0. The van der Waals surface area contributed by atoms with Crippen molar-refractivity contribution in [3.63, 3.8) is 0 Å². The second-order valence-corrected chi connectivity index (χ2v) is 6.11. The summed E-state index contributed by atoms with van der Waals surface area (Å²) in [6.07, 6.45) is 1.97. The Morgan fingerprint density at radius 3 is 2.58 bits per heavy atom. The van der Waals surface area contributed by atoms with Gasteiger partial charge in [0.2, 0.25) is 0 Å². The van der Waals surface area contributed by atoms with Gasteiger partial charge in [-0.15, -0.1) is 0 Å². The van der Waals surface area contributed by atoms with Crippen LogP contribution in [-0.4, -0.2) is 35.8 Å². The lowest BCUT2D eigenvalue weighted by atomic mass is 10.1. The molecule has 3 rings (SSSR count).